The van der Waals surface area contributed by atoms with Gasteiger partial charge in [-0.05, 0) is 18.4 Å². The first-order valence-electron chi connectivity index (χ1n) is 6.10. The van der Waals surface area contributed by atoms with E-state index in [-0.39, 0.29) is 6.04 Å². The van der Waals surface area contributed by atoms with Gasteiger partial charge in [0.25, 0.3) is 0 Å². The lowest BCUT2D eigenvalue weighted by Gasteiger charge is -2.17. The number of nitrogens with zero attached hydrogens (tertiary/aromatic N) is 2. The first-order chi connectivity index (χ1) is 9.24. The maximum atomic E-state index is 5.36. The van der Waals surface area contributed by atoms with Crippen LogP contribution in [0.2, 0.25) is 0 Å². The molecule has 2 rings (SSSR count). The quantitative estimate of drug-likeness (QED) is 0.850. The normalized spacial score (nSPS) is 11.9. The Bertz CT molecular complexity index is 515. The van der Waals surface area contributed by atoms with Gasteiger partial charge in [-0.25, -0.2) is 9.97 Å². The zero-order valence-corrected chi connectivity index (χ0v) is 12.1. The van der Waals surface area contributed by atoms with Crippen LogP contribution in [0.25, 0.3) is 0 Å². The Labute approximate surface area is 117 Å². The fourth-order valence-electron chi connectivity index (χ4n) is 1.86. The van der Waals surface area contributed by atoms with E-state index in [1.807, 2.05) is 7.05 Å². The summed E-state index contributed by atoms with van der Waals surface area (Å²) in [7, 11) is 3.43. The van der Waals surface area contributed by atoms with Gasteiger partial charge >= 0.3 is 0 Å². The number of hydrogen-bond donors (Lipinski definition) is 2. The number of methoxy groups -OCH3 is 1. The van der Waals surface area contributed by atoms with Gasteiger partial charge < -0.3 is 15.4 Å². The Morgan fingerprint density at radius 2 is 2.16 bits per heavy atom. The fraction of sp³-hybridized carbons (Fsp3) is 0.385. The summed E-state index contributed by atoms with van der Waals surface area (Å²) >= 11 is 1.76. The monoisotopic (exact) mass is 278 g/mol. The Morgan fingerprint density at radius 3 is 2.79 bits per heavy atom. The third-order valence-corrected chi connectivity index (χ3v) is 3.61. The standard InChI is InChI=1S/C13H18N4OS/c1-9(7-10-5-4-6-19-10)17-13-11(18-3)12(14-2)15-8-16-13/h4-6,8-9H,7H2,1-3H3,(H2,14,15,16,17). The molecule has 19 heavy (non-hydrogen) atoms. The summed E-state index contributed by atoms with van der Waals surface area (Å²) in [6.45, 7) is 2.13. The van der Waals surface area contributed by atoms with Crippen molar-refractivity contribution in [2.75, 3.05) is 24.8 Å². The molecule has 0 radical (unpaired) electrons. The molecule has 1 unspecified atom stereocenters. The number of aromatic nitrogens is 2. The Hall–Kier alpha value is -1.82. The van der Waals surface area contributed by atoms with Gasteiger partial charge in [-0.15, -0.1) is 11.3 Å². The first kappa shape index (κ1) is 13.6. The maximum Gasteiger partial charge on any atom is 0.204 e. The van der Waals surface area contributed by atoms with Crippen molar-refractivity contribution in [1.29, 1.82) is 0 Å². The molecule has 0 saturated heterocycles. The lowest BCUT2D eigenvalue weighted by Crippen LogP contribution is -2.19. The Morgan fingerprint density at radius 1 is 1.37 bits per heavy atom. The van der Waals surface area contributed by atoms with E-state index in [0.717, 1.165) is 6.42 Å². The van der Waals surface area contributed by atoms with E-state index < -0.39 is 0 Å². The smallest absolute Gasteiger partial charge is 0.204 e. The first-order valence-corrected chi connectivity index (χ1v) is 6.98. The molecule has 6 heteroatoms. The van der Waals surface area contributed by atoms with Crippen molar-refractivity contribution in [2.24, 2.45) is 0 Å². The molecule has 5 nitrogen and oxygen atoms in total. The number of rotatable bonds is 6. The van der Waals surface area contributed by atoms with Crippen LogP contribution in [0.15, 0.2) is 23.8 Å². The molecule has 2 aromatic heterocycles. The summed E-state index contributed by atoms with van der Waals surface area (Å²) in [5.41, 5.74) is 0. The summed E-state index contributed by atoms with van der Waals surface area (Å²) < 4.78 is 5.36. The van der Waals surface area contributed by atoms with E-state index in [1.54, 1.807) is 18.4 Å². The molecule has 0 saturated carbocycles. The average Bonchev–Trinajstić information content (AvgIpc) is 2.91. The lowest BCUT2D eigenvalue weighted by atomic mass is 10.2. The summed E-state index contributed by atoms with van der Waals surface area (Å²) in [6.07, 6.45) is 2.48. The Balaban J connectivity index is 2.09. The number of anilines is 2. The number of ether oxygens (including phenoxy) is 1. The van der Waals surface area contributed by atoms with Gasteiger partial charge in [-0.3, -0.25) is 0 Å². The molecule has 0 aliphatic rings. The highest BCUT2D eigenvalue weighted by molar-refractivity contribution is 7.09. The molecule has 1 atom stereocenters. The molecular weight excluding hydrogens is 260 g/mol. The molecule has 0 fully saturated rings. The SMILES string of the molecule is CNc1ncnc(NC(C)Cc2cccs2)c1OC. The van der Waals surface area contributed by atoms with Crippen LogP contribution in [0.3, 0.4) is 0 Å². The van der Waals surface area contributed by atoms with Crippen LogP contribution in [0, 0.1) is 0 Å². The summed E-state index contributed by atoms with van der Waals surface area (Å²) in [5, 5.41) is 8.45. The average molecular weight is 278 g/mol. The van der Waals surface area contributed by atoms with Gasteiger partial charge in [-0.2, -0.15) is 0 Å². The van der Waals surface area contributed by atoms with Gasteiger partial charge in [0.05, 0.1) is 7.11 Å². The van der Waals surface area contributed by atoms with Crippen molar-refractivity contribution in [3.8, 4) is 5.75 Å². The molecule has 0 bridgehead atoms. The minimum absolute atomic E-state index is 0.271. The second-order valence-corrected chi connectivity index (χ2v) is 5.22. The van der Waals surface area contributed by atoms with Crippen LogP contribution < -0.4 is 15.4 Å². The topological polar surface area (TPSA) is 59.1 Å². The van der Waals surface area contributed by atoms with E-state index in [2.05, 4.69) is 45.0 Å². The second-order valence-electron chi connectivity index (χ2n) is 4.18. The predicted molar refractivity (Wildman–Crippen MR) is 79.2 cm³/mol. The third kappa shape index (κ3) is 3.35. The largest absolute Gasteiger partial charge is 0.490 e. The molecule has 0 aliphatic heterocycles. The van der Waals surface area contributed by atoms with Crippen LogP contribution in [0.5, 0.6) is 5.75 Å². The van der Waals surface area contributed by atoms with E-state index in [4.69, 9.17) is 4.74 Å². The van der Waals surface area contributed by atoms with Crippen LogP contribution in [-0.2, 0) is 6.42 Å². The van der Waals surface area contributed by atoms with Crippen molar-refractivity contribution in [3.63, 3.8) is 0 Å². The zero-order chi connectivity index (χ0) is 13.7. The molecule has 0 aromatic carbocycles. The molecule has 2 aromatic rings. The highest BCUT2D eigenvalue weighted by Crippen LogP contribution is 2.29. The third-order valence-electron chi connectivity index (χ3n) is 2.72. The summed E-state index contributed by atoms with van der Waals surface area (Å²) in [4.78, 5) is 9.72. The molecule has 0 spiro atoms. The minimum atomic E-state index is 0.271. The van der Waals surface area contributed by atoms with Crippen LogP contribution in [0.1, 0.15) is 11.8 Å². The van der Waals surface area contributed by atoms with Gasteiger partial charge in [0, 0.05) is 24.4 Å². The highest BCUT2D eigenvalue weighted by atomic mass is 32.1. The second kappa shape index (κ2) is 6.38. The van der Waals surface area contributed by atoms with Crippen molar-refractivity contribution in [1.82, 2.24) is 9.97 Å². The van der Waals surface area contributed by atoms with E-state index >= 15 is 0 Å². The number of thiophene rings is 1. The van der Waals surface area contributed by atoms with Gasteiger partial charge in [0.1, 0.15) is 6.33 Å². The van der Waals surface area contributed by atoms with Crippen LogP contribution in [0.4, 0.5) is 11.6 Å². The summed E-state index contributed by atoms with van der Waals surface area (Å²) in [5.74, 6) is 2.04. The van der Waals surface area contributed by atoms with E-state index in [1.165, 1.54) is 11.2 Å². The van der Waals surface area contributed by atoms with Crippen molar-refractivity contribution in [3.05, 3.63) is 28.7 Å². The summed E-state index contributed by atoms with van der Waals surface area (Å²) in [6, 6.07) is 4.48. The van der Waals surface area contributed by atoms with Crippen molar-refractivity contribution >= 4 is 23.0 Å². The van der Waals surface area contributed by atoms with Gasteiger partial charge in [-0.1, -0.05) is 6.07 Å². The van der Waals surface area contributed by atoms with Crippen molar-refractivity contribution in [2.45, 2.75) is 19.4 Å². The molecule has 102 valence electrons. The minimum Gasteiger partial charge on any atom is -0.490 e. The molecule has 2 N–H and O–H groups in total. The predicted octanol–water partition coefficient (Wildman–Crippen LogP) is 2.63. The van der Waals surface area contributed by atoms with Crippen LogP contribution >= 0.6 is 11.3 Å². The van der Waals surface area contributed by atoms with Crippen molar-refractivity contribution < 1.29 is 4.74 Å². The molecular formula is C13H18N4OS. The van der Waals surface area contributed by atoms with Gasteiger partial charge in [0.2, 0.25) is 5.75 Å². The maximum absolute atomic E-state index is 5.36. The Kier molecular flexibility index (Phi) is 4.57. The molecule has 0 amide bonds. The van der Waals surface area contributed by atoms with E-state index in [9.17, 15) is 0 Å². The van der Waals surface area contributed by atoms with E-state index in [0.29, 0.717) is 17.4 Å². The number of nitrogens with one attached hydrogen (secondary N) is 2. The number of hydrogen-bond acceptors (Lipinski definition) is 6. The molecule has 2 heterocycles. The molecule has 0 aliphatic carbocycles. The van der Waals surface area contributed by atoms with Gasteiger partial charge in [0.15, 0.2) is 11.6 Å². The lowest BCUT2D eigenvalue weighted by molar-refractivity contribution is 0.414. The highest BCUT2D eigenvalue weighted by Gasteiger charge is 2.13. The zero-order valence-electron chi connectivity index (χ0n) is 11.3. The fourth-order valence-corrected chi connectivity index (χ4v) is 2.70. The van der Waals surface area contributed by atoms with Crippen LogP contribution in [-0.4, -0.2) is 30.2 Å².